The molecule has 56 heavy (non-hydrogen) atoms. The van der Waals surface area contributed by atoms with Crippen LogP contribution in [-0.4, -0.2) is 23.4 Å². The Bertz CT molecular complexity index is 545. The summed E-state index contributed by atoms with van der Waals surface area (Å²) in [7, 11) is 0. The van der Waals surface area contributed by atoms with Gasteiger partial charge in [0.25, 0.3) is 0 Å². The molecule has 0 atom stereocenters. The van der Waals surface area contributed by atoms with Crippen molar-refractivity contribution in [2.75, 3.05) is 13.2 Å². The molecule has 0 aromatic carbocycles. The Kier molecular flexibility index (Phi) is 76.0. The maximum atomic E-state index is 8.59. The molecule has 0 aromatic rings. The predicted molar refractivity (Wildman–Crippen MR) is 251 cm³/mol. The van der Waals surface area contributed by atoms with Gasteiger partial charge in [0.15, 0.2) is 0 Å². The maximum absolute atomic E-state index is 8.59. The number of aliphatic hydroxyl groups is 2. The Morgan fingerprint density at radius 1 is 0.286 bits per heavy atom. The Hall–Kier alpha value is 0.603. The van der Waals surface area contributed by atoms with Crippen molar-refractivity contribution in [2.24, 2.45) is 23.7 Å². The van der Waals surface area contributed by atoms with Gasteiger partial charge in [0.05, 0.1) is 0 Å². The van der Waals surface area contributed by atoms with Crippen LogP contribution in [0.4, 0.5) is 0 Å². The van der Waals surface area contributed by atoms with Crippen molar-refractivity contribution in [3.8, 4) is 0 Å². The van der Waals surface area contributed by atoms with Crippen LogP contribution in [0.25, 0.3) is 0 Å². The summed E-state index contributed by atoms with van der Waals surface area (Å²) >= 11 is 0.300. The van der Waals surface area contributed by atoms with Crippen molar-refractivity contribution in [2.45, 2.75) is 287 Å². The van der Waals surface area contributed by atoms with Gasteiger partial charge in [0.2, 0.25) is 0 Å². The van der Waals surface area contributed by atoms with E-state index in [4.69, 9.17) is 13.0 Å². The standard InChI is InChI=1S/2C13H28O.2C13H27.O.Zr/c2*1-13(2)11-9-7-5-3-4-6-8-10-12-14;2*1-4-5-6-7-8-9-10-11-12-13(2)3;;/h2*13-14H,3-12H2,1-2H3;2*13H,1,4-12H2,2-3H3;;/q;;2*-1;;+2. The Morgan fingerprint density at radius 2 is 0.429 bits per heavy atom. The molecule has 0 spiro atoms. The van der Waals surface area contributed by atoms with E-state index in [0.717, 1.165) is 49.4 Å². The molecule has 0 unspecified atom stereocenters. The first-order valence-corrected chi connectivity index (χ1v) is 26.1. The molecule has 0 aliphatic carbocycles. The zero-order chi connectivity index (χ0) is 43.2. The van der Waals surface area contributed by atoms with Gasteiger partial charge in [0.1, 0.15) is 0 Å². The second-order valence-electron chi connectivity index (χ2n) is 18.5. The monoisotopic (exact) mass is 873 g/mol. The van der Waals surface area contributed by atoms with Crippen LogP contribution >= 0.6 is 0 Å². The van der Waals surface area contributed by atoms with E-state index >= 15 is 0 Å². The molecule has 3 nitrogen and oxygen atoms in total. The molecule has 0 heterocycles. The van der Waals surface area contributed by atoms with Gasteiger partial charge < -0.3 is 24.1 Å². The van der Waals surface area contributed by atoms with E-state index in [-0.39, 0.29) is 0 Å². The van der Waals surface area contributed by atoms with E-state index < -0.39 is 0 Å². The molecule has 0 saturated heterocycles. The van der Waals surface area contributed by atoms with Gasteiger partial charge >= 0.3 is 27.5 Å². The first-order valence-electron chi connectivity index (χ1n) is 25.1. The summed E-state index contributed by atoms with van der Waals surface area (Å²) in [5.41, 5.74) is 0. The van der Waals surface area contributed by atoms with Gasteiger partial charge in [-0.3, -0.25) is 0 Å². The van der Waals surface area contributed by atoms with Crippen LogP contribution in [0.3, 0.4) is 0 Å². The average Bonchev–Trinajstić information content (AvgIpc) is 3.17. The summed E-state index contributed by atoms with van der Waals surface area (Å²) in [4.78, 5) is 0. The first kappa shape index (κ1) is 65.7. The van der Waals surface area contributed by atoms with Crippen molar-refractivity contribution in [1.82, 2.24) is 0 Å². The summed E-state index contributed by atoms with van der Waals surface area (Å²) in [6.07, 6.45) is 48.7. The third-order valence-electron chi connectivity index (χ3n) is 10.4. The summed E-state index contributed by atoms with van der Waals surface area (Å²) in [6.45, 7) is 26.9. The number of aliphatic hydroxyl groups excluding tert-OH is 2. The summed E-state index contributed by atoms with van der Waals surface area (Å²) < 4.78 is 8.34. The van der Waals surface area contributed by atoms with E-state index in [1.807, 2.05) is 0 Å². The second-order valence-corrected chi connectivity index (χ2v) is 18.5. The Morgan fingerprint density at radius 3 is 0.571 bits per heavy atom. The van der Waals surface area contributed by atoms with E-state index in [1.165, 1.54) is 205 Å². The van der Waals surface area contributed by atoms with Gasteiger partial charge in [-0.05, 0) is 36.5 Å². The summed E-state index contributed by atoms with van der Waals surface area (Å²) in [5, 5.41) is 17.2. The van der Waals surface area contributed by atoms with Gasteiger partial charge in [-0.15, -0.1) is 0 Å². The van der Waals surface area contributed by atoms with Crippen LogP contribution < -0.4 is 0 Å². The number of unbranched alkanes of at least 4 members (excludes halogenated alkanes) is 28. The van der Waals surface area contributed by atoms with Crippen LogP contribution in [0.2, 0.25) is 0 Å². The third-order valence-corrected chi connectivity index (χ3v) is 10.4. The molecule has 2 N–H and O–H groups in total. The molecule has 340 valence electrons. The SMILES string of the molecule is CC(C)CCCCCCCCCCO.CC(C)CCCCCCCCCCO.[CH2-]CCCCCCCCCC(C)C.[CH2-]CCCCCCCCCC(C)C.[O]=[Zr+2]. The molecule has 0 radical (unpaired) electrons. The van der Waals surface area contributed by atoms with Crippen molar-refractivity contribution < 1.29 is 37.7 Å². The van der Waals surface area contributed by atoms with Crippen LogP contribution in [0.5, 0.6) is 0 Å². The van der Waals surface area contributed by atoms with Crippen molar-refractivity contribution in [3.63, 3.8) is 0 Å². The molecule has 0 aromatic heterocycles. The molecule has 0 amide bonds. The first-order chi connectivity index (χ1) is 27.1. The summed E-state index contributed by atoms with van der Waals surface area (Å²) in [5.74, 6) is 3.54. The van der Waals surface area contributed by atoms with Crippen LogP contribution in [0.15, 0.2) is 0 Å². The van der Waals surface area contributed by atoms with Gasteiger partial charge in [-0.25, -0.2) is 0 Å². The zero-order valence-electron chi connectivity index (χ0n) is 40.4. The quantitative estimate of drug-likeness (QED) is 0.0480. The minimum absolute atomic E-state index is 0.300. The van der Waals surface area contributed by atoms with Crippen molar-refractivity contribution >= 4 is 0 Å². The number of rotatable bonds is 38. The van der Waals surface area contributed by atoms with Crippen molar-refractivity contribution in [3.05, 3.63) is 13.8 Å². The van der Waals surface area contributed by atoms with E-state index in [1.54, 1.807) is 0 Å². The molecule has 0 aliphatic rings. The summed E-state index contributed by atoms with van der Waals surface area (Å²) in [6, 6.07) is 0. The fourth-order valence-electron chi connectivity index (χ4n) is 6.68. The van der Waals surface area contributed by atoms with E-state index in [0.29, 0.717) is 37.9 Å². The molecular weight excluding hydrogens is 764 g/mol. The van der Waals surface area contributed by atoms with Crippen LogP contribution in [0.1, 0.15) is 287 Å². The molecule has 0 rings (SSSR count). The zero-order valence-corrected chi connectivity index (χ0v) is 42.9. The number of hydrogen-bond donors (Lipinski definition) is 2. The number of hydrogen-bond acceptors (Lipinski definition) is 3. The fraction of sp³-hybridized carbons (Fsp3) is 0.962. The van der Waals surface area contributed by atoms with Gasteiger partial charge in [-0.2, -0.15) is 12.8 Å². The van der Waals surface area contributed by atoms with Crippen LogP contribution in [0, 0.1) is 37.5 Å². The molecule has 0 fully saturated rings. The minimum atomic E-state index is 0.300. The molecule has 0 saturated carbocycles. The topological polar surface area (TPSA) is 57.5 Å². The molecule has 4 heteroatoms. The third kappa shape index (κ3) is 86.4. The van der Waals surface area contributed by atoms with E-state index in [2.05, 4.69) is 69.2 Å². The normalized spacial score (nSPS) is 10.8. The van der Waals surface area contributed by atoms with Crippen LogP contribution in [-0.2, 0) is 27.5 Å². The average molecular weight is 875 g/mol. The van der Waals surface area contributed by atoms with E-state index in [9.17, 15) is 0 Å². The molecular formula is C52H110O3Zr. The molecule has 0 bridgehead atoms. The Labute approximate surface area is 373 Å². The fourth-order valence-corrected chi connectivity index (χ4v) is 6.68. The van der Waals surface area contributed by atoms with Gasteiger partial charge in [-0.1, -0.05) is 261 Å². The Balaban J connectivity index is -0.000000203. The molecule has 0 aliphatic heterocycles. The van der Waals surface area contributed by atoms with Crippen molar-refractivity contribution in [1.29, 1.82) is 0 Å². The second kappa shape index (κ2) is 64.7. The predicted octanol–water partition coefficient (Wildman–Crippen LogP) is 18.1. The van der Waals surface area contributed by atoms with Gasteiger partial charge in [0, 0.05) is 13.2 Å².